The van der Waals surface area contributed by atoms with Crippen molar-refractivity contribution in [2.75, 3.05) is 25.4 Å². The third kappa shape index (κ3) is 18.8. The van der Waals surface area contributed by atoms with Gasteiger partial charge in [0, 0.05) is 83.8 Å². The minimum absolute atomic E-state index is 0. The minimum atomic E-state index is -0.543. The lowest BCUT2D eigenvalue weighted by Crippen LogP contribution is -2.29. The van der Waals surface area contributed by atoms with Crippen molar-refractivity contribution in [1.29, 1.82) is 0 Å². The lowest BCUT2D eigenvalue weighted by molar-refractivity contribution is -0.385. The molecule has 19 nitrogen and oxygen atoms in total. The van der Waals surface area contributed by atoms with E-state index in [0.29, 0.717) is 39.1 Å². The van der Waals surface area contributed by atoms with Gasteiger partial charge in [-0.1, -0.05) is 0 Å². The van der Waals surface area contributed by atoms with Crippen LogP contribution in [0.2, 0.25) is 0 Å². The smallest absolute Gasteiger partial charge is 0.269 e. The number of nitro groups is 2. The molecule has 0 fully saturated rings. The third-order valence-electron chi connectivity index (χ3n) is 7.77. The number of nitrogens with two attached hydrogens (primary N) is 2. The zero-order chi connectivity index (χ0) is 45.4. The highest BCUT2D eigenvalue weighted by Gasteiger charge is 2.13. The number of hydrogen-bond donors (Lipinski definition) is 4. The van der Waals surface area contributed by atoms with Crippen LogP contribution >= 0.6 is 36.4 Å². The van der Waals surface area contributed by atoms with Gasteiger partial charge in [0.1, 0.15) is 0 Å². The quantitative estimate of drug-likeness (QED) is 0.0343. The first-order valence-electron chi connectivity index (χ1n) is 17.8. The summed E-state index contributed by atoms with van der Waals surface area (Å²) in [5, 5.41) is 25.3. The molecule has 2 amide bonds. The fraction of sp³-hybridized carbons (Fsp3) is 0.0714. The van der Waals surface area contributed by atoms with Crippen LogP contribution in [-0.2, 0) is 0 Å². The number of halogens is 3. The summed E-state index contributed by atoms with van der Waals surface area (Å²) in [5.41, 5.74) is 13.5. The van der Waals surface area contributed by atoms with Gasteiger partial charge in [-0.05, 0) is 96.5 Å². The summed E-state index contributed by atoms with van der Waals surface area (Å²) in [6.07, 6.45) is 8.97. The van der Waals surface area contributed by atoms with Gasteiger partial charge in [0.15, 0.2) is 17.3 Å². The number of nitrogens with one attached hydrogen (secondary N) is 2. The number of Topliss-reactive ketones (excluding diaryl/α,β-unsaturated/α-hetero) is 3. The number of nitrogen functional groups attached to an aromatic ring is 1. The number of aromatic nitrogens is 3. The van der Waals surface area contributed by atoms with Crippen molar-refractivity contribution in [3.05, 3.63) is 200 Å². The molecule has 6 rings (SSSR count). The Balaban J connectivity index is 0.000000440. The number of carbonyl (C=O) groups excluding carboxylic acids is 6. The zero-order valence-corrected chi connectivity index (χ0v) is 35.5. The Bertz CT molecular complexity index is 2470. The first kappa shape index (κ1) is 54.2. The largest absolute Gasteiger partial charge is 0.399 e. The second-order valence-corrected chi connectivity index (χ2v) is 12.4. The first-order chi connectivity index (χ1) is 29.7. The molecule has 0 spiro atoms. The topological polar surface area (TPSA) is 303 Å². The molecule has 332 valence electrons. The lowest BCUT2D eigenvalue weighted by atomic mass is 10.1. The van der Waals surface area contributed by atoms with Crippen molar-refractivity contribution in [3.8, 4) is 0 Å². The monoisotopic (exact) mass is 933 g/mol. The van der Waals surface area contributed by atoms with Crippen LogP contribution in [0.1, 0.15) is 62.1 Å². The Morgan fingerprint density at radius 3 is 1.12 bits per heavy atom. The summed E-state index contributed by atoms with van der Waals surface area (Å²) in [4.78, 5) is 99.5. The molecule has 0 saturated heterocycles. The predicted octanol–water partition coefficient (Wildman–Crippen LogP) is 5.92. The van der Waals surface area contributed by atoms with Gasteiger partial charge in [-0.15, -0.1) is 24.8 Å². The highest BCUT2D eigenvalue weighted by Crippen LogP contribution is 2.13. The molecular formula is C42H38Cl3N9O10. The van der Waals surface area contributed by atoms with E-state index in [1.807, 2.05) is 0 Å². The fourth-order valence-electron chi connectivity index (χ4n) is 4.53. The Labute approximate surface area is 381 Å². The fourth-order valence-corrected chi connectivity index (χ4v) is 4.64. The molecule has 6 aromatic rings. The molecule has 0 aliphatic carbocycles. The highest BCUT2D eigenvalue weighted by atomic mass is 35.5. The van der Waals surface area contributed by atoms with Crippen LogP contribution in [0.15, 0.2) is 146 Å². The van der Waals surface area contributed by atoms with Crippen molar-refractivity contribution in [2.45, 2.75) is 0 Å². The number of rotatable bonds is 13. The summed E-state index contributed by atoms with van der Waals surface area (Å²) in [6, 6.07) is 26.9. The minimum Gasteiger partial charge on any atom is -0.399 e. The van der Waals surface area contributed by atoms with Crippen LogP contribution in [0.25, 0.3) is 0 Å². The van der Waals surface area contributed by atoms with Crippen LogP contribution < -0.4 is 22.1 Å². The van der Waals surface area contributed by atoms with E-state index in [1.54, 1.807) is 79.3 Å². The molecule has 0 radical (unpaired) electrons. The molecule has 3 aromatic carbocycles. The summed E-state index contributed by atoms with van der Waals surface area (Å²) >= 11 is 5.12. The summed E-state index contributed by atoms with van der Waals surface area (Å²) in [7, 11) is 0. The summed E-state index contributed by atoms with van der Waals surface area (Å²) in [5.74, 6) is -1.45. The number of non-ortho nitro benzene ring substituents is 2. The molecule has 0 saturated carbocycles. The summed E-state index contributed by atoms with van der Waals surface area (Å²) < 4.78 is 0. The SMILES string of the molecule is Cl.Cl.NCC(=O)c1ccc([N+](=O)[O-])cc1.Nc1ccc(C(=O)CNC(=O)c2cccnc2)cc1.O=C(CNC(=O)c1cccnc1)c1ccc([N+](=O)[O-])cc1.O=C(Cl)c1cccnc1. The van der Waals surface area contributed by atoms with Crippen LogP contribution in [0, 0.1) is 20.2 Å². The van der Waals surface area contributed by atoms with E-state index in [-0.39, 0.29) is 79.1 Å². The standard InChI is InChI=1S/C14H11N3O4.C14H13N3O2.C8H8N2O3.C6H4ClNO.2ClH/c18-13(10-3-5-12(6-4-10)17(20)21)9-16-14(19)11-2-1-7-15-8-11;15-12-5-3-10(4-6-12)13(18)9-17-14(19)11-2-1-7-16-8-11;9-5-8(11)6-1-3-7(4-2-6)10(12)13;7-6(9)5-2-1-3-8-4-5;;/h1-8H,9H2,(H,16,19);1-8H,9,15H2,(H,17,19);1-4H,5,9H2;1-4H;2*1H. The number of amides is 2. The Hall–Kier alpha value is -7.84. The molecule has 3 aromatic heterocycles. The molecule has 0 unspecified atom stereocenters. The van der Waals surface area contributed by atoms with E-state index in [1.165, 1.54) is 67.1 Å². The van der Waals surface area contributed by atoms with Gasteiger partial charge < -0.3 is 22.1 Å². The molecule has 22 heteroatoms. The maximum atomic E-state index is 11.9. The molecule has 0 bridgehead atoms. The number of ketones is 3. The Morgan fingerprint density at radius 2 is 0.844 bits per heavy atom. The second-order valence-electron chi connectivity index (χ2n) is 12.1. The molecule has 0 aliphatic rings. The van der Waals surface area contributed by atoms with Gasteiger partial charge in [0.2, 0.25) is 0 Å². The number of hydrogen-bond acceptors (Lipinski definition) is 15. The number of nitro benzene ring substituents is 2. The molecule has 3 heterocycles. The number of benzene rings is 3. The predicted molar refractivity (Wildman–Crippen MR) is 241 cm³/mol. The van der Waals surface area contributed by atoms with E-state index in [4.69, 9.17) is 23.1 Å². The average Bonchev–Trinajstić information content (AvgIpc) is 3.31. The van der Waals surface area contributed by atoms with Crippen molar-refractivity contribution >= 4 is 87.9 Å². The number of carbonyl (C=O) groups is 6. The van der Waals surface area contributed by atoms with Crippen molar-refractivity contribution < 1.29 is 38.6 Å². The lowest BCUT2D eigenvalue weighted by Gasteiger charge is -2.04. The number of pyridine rings is 3. The normalized spacial score (nSPS) is 9.41. The highest BCUT2D eigenvalue weighted by molar-refractivity contribution is 6.67. The van der Waals surface area contributed by atoms with Gasteiger partial charge in [-0.3, -0.25) is 63.9 Å². The van der Waals surface area contributed by atoms with E-state index < -0.39 is 21.0 Å². The maximum Gasteiger partial charge on any atom is 0.269 e. The van der Waals surface area contributed by atoms with E-state index in [0.717, 1.165) is 0 Å². The van der Waals surface area contributed by atoms with Crippen LogP contribution in [0.4, 0.5) is 17.1 Å². The molecule has 6 N–H and O–H groups in total. The van der Waals surface area contributed by atoms with Gasteiger partial charge >= 0.3 is 0 Å². The van der Waals surface area contributed by atoms with E-state index in [9.17, 15) is 49.0 Å². The van der Waals surface area contributed by atoms with Crippen LogP contribution in [0.5, 0.6) is 0 Å². The van der Waals surface area contributed by atoms with Crippen LogP contribution in [-0.4, -0.2) is 78.8 Å². The van der Waals surface area contributed by atoms with Crippen molar-refractivity contribution in [2.24, 2.45) is 5.73 Å². The van der Waals surface area contributed by atoms with Gasteiger partial charge in [-0.25, -0.2) is 0 Å². The molecule has 0 atom stereocenters. The van der Waals surface area contributed by atoms with Crippen molar-refractivity contribution in [3.63, 3.8) is 0 Å². The Morgan fingerprint density at radius 1 is 0.516 bits per heavy atom. The second kappa shape index (κ2) is 28.6. The van der Waals surface area contributed by atoms with Gasteiger partial charge in [0.25, 0.3) is 28.4 Å². The molecular weight excluding hydrogens is 897 g/mol. The summed E-state index contributed by atoms with van der Waals surface area (Å²) in [6.45, 7) is -0.332. The molecule has 64 heavy (non-hydrogen) atoms. The third-order valence-corrected chi connectivity index (χ3v) is 7.99. The Kier molecular flexibility index (Phi) is 24.2. The number of anilines is 1. The van der Waals surface area contributed by atoms with Gasteiger partial charge in [-0.2, -0.15) is 0 Å². The average molecular weight is 935 g/mol. The van der Waals surface area contributed by atoms with Crippen molar-refractivity contribution in [1.82, 2.24) is 25.6 Å². The maximum absolute atomic E-state index is 11.9. The first-order valence-corrected chi connectivity index (χ1v) is 18.2. The van der Waals surface area contributed by atoms with Crippen LogP contribution in [0.3, 0.4) is 0 Å². The zero-order valence-electron chi connectivity index (χ0n) is 33.1. The molecule has 0 aliphatic heterocycles. The number of nitrogens with zero attached hydrogens (tertiary/aromatic N) is 5. The van der Waals surface area contributed by atoms with E-state index >= 15 is 0 Å². The van der Waals surface area contributed by atoms with E-state index in [2.05, 4.69) is 25.6 Å². The van der Waals surface area contributed by atoms with Gasteiger partial charge in [0.05, 0.1) is 46.2 Å².